The van der Waals surface area contributed by atoms with Crippen LogP contribution in [0.5, 0.6) is 0 Å². The van der Waals surface area contributed by atoms with Crippen molar-refractivity contribution in [2.24, 2.45) is 0 Å². The molecule has 0 spiro atoms. The maximum Gasteiger partial charge on any atom is 0.205 e. The fourth-order valence-corrected chi connectivity index (χ4v) is 3.03. The van der Waals surface area contributed by atoms with Crippen LogP contribution in [-0.2, 0) is 19.4 Å². The standard InChI is InChI=1S/C13H16N4S/c1-2-12-15-13(18-16-12)17-6-5-9-3-4-11(14)7-10(9)8-17/h3-4,7H,2,5-6,8,14H2,1H3. The molecule has 0 saturated heterocycles. The summed E-state index contributed by atoms with van der Waals surface area (Å²) in [6.45, 7) is 3.98. The van der Waals surface area contributed by atoms with Gasteiger partial charge in [0.25, 0.3) is 0 Å². The van der Waals surface area contributed by atoms with Crippen molar-refractivity contribution >= 4 is 22.4 Å². The quantitative estimate of drug-likeness (QED) is 0.841. The Morgan fingerprint density at radius 3 is 3.06 bits per heavy atom. The molecule has 94 valence electrons. The molecule has 1 aliphatic heterocycles. The zero-order chi connectivity index (χ0) is 12.5. The van der Waals surface area contributed by atoms with Crippen LogP contribution in [0.1, 0.15) is 23.9 Å². The van der Waals surface area contributed by atoms with Gasteiger partial charge in [0, 0.05) is 36.7 Å². The normalized spacial score (nSPS) is 14.6. The van der Waals surface area contributed by atoms with Crippen LogP contribution in [0.15, 0.2) is 18.2 Å². The van der Waals surface area contributed by atoms with Crippen LogP contribution in [0, 0.1) is 0 Å². The molecular weight excluding hydrogens is 244 g/mol. The molecule has 5 heteroatoms. The van der Waals surface area contributed by atoms with Gasteiger partial charge in [-0.1, -0.05) is 13.0 Å². The minimum Gasteiger partial charge on any atom is -0.399 e. The molecule has 18 heavy (non-hydrogen) atoms. The molecule has 2 aromatic rings. The van der Waals surface area contributed by atoms with E-state index in [0.717, 1.165) is 42.6 Å². The number of aromatic nitrogens is 2. The maximum atomic E-state index is 5.85. The van der Waals surface area contributed by atoms with Gasteiger partial charge in [0.1, 0.15) is 5.82 Å². The minimum atomic E-state index is 0.835. The van der Waals surface area contributed by atoms with E-state index in [1.165, 1.54) is 22.7 Å². The largest absolute Gasteiger partial charge is 0.399 e. The van der Waals surface area contributed by atoms with Crippen molar-refractivity contribution in [3.05, 3.63) is 35.2 Å². The summed E-state index contributed by atoms with van der Waals surface area (Å²) in [4.78, 5) is 6.84. The number of fused-ring (bicyclic) bond motifs is 1. The average Bonchev–Trinajstić information content (AvgIpc) is 2.86. The first-order valence-corrected chi connectivity index (χ1v) is 6.98. The monoisotopic (exact) mass is 260 g/mol. The summed E-state index contributed by atoms with van der Waals surface area (Å²) >= 11 is 1.49. The molecule has 0 aliphatic carbocycles. The smallest absolute Gasteiger partial charge is 0.205 e. The van der Waals surface area contributed by atoms with Crippen molar-refractivity contribution in [2.75, 3.05) is 17.2 Å². The molecule has 1 aliphatic rings. The molecular formula is C13H16N4S. The highest BCUT2D eigenvalue weighted by Crippen LogP contribution is 2.26. The topological polar surface area (TPSA) is 55.0 Å². The predicted molar refractivity (Wildman–Crippen MR) is 74.9 cm³/mol. The van der Waals surface area contributed by atoms with Gasteiger partial charge in [0.2, 0.25) is 5.13 Å². The van der Waals surface area contributed by atoms with E-state index in [0.29, 0.717) is 0 Å². The Morgan fingerprint density at radius 1 is 1.39 bits per heavy atom. The molecule has 0 fully saturated rings. The van der Waals surface area contributed by atoms with Crippen molar-refractivity contribution in [1.29, 1.82) is 0 Å². The molecule has 1 aromatic heterocycles. The van der Waals surface area contributed by atoms with E-state index in [1.807, 2.05) is 6.07 Å². The van der Waals surface area contributed by atoms with Crippen LogP contribution in [0.25, 0.3) is 0 Å². The Bertz CT molecular complexity index is 564. The first kappa shape index (κ1) is 11.5. The summed E-state index contributed by atoms with van der Waals surface area (Å²) < 4.78 is 4.35. The van der Waals surface area contributed by atoms with Gasteiger partial charge in [-0.25, -0.2) is 4.98 Å². The van der Waals surface area contributed by atoms with Crippen LogP contribution < -0.4 is 10.6 Å². The summed E-state index contributed by atoms with van der Waals surface area (Å²) in [6.07, 6.45) is 1.95. The Labute approximate surface area is 111 Å². The summed E-state index contributed by atoms with van der Waals surface area (Å²) in [5, 5.41) is 1.03. The molecule has 3 rings (SSSR count). The lowest BCUT2D eigenvalue weighted by Gasteiger charge is -2.28. The number of benzene rings is 1. The summed E-state index contributed by atoms with van der Waals surface area (Å²) in [7, 11) is 0. The van der Waals surface area contributed by atoms with Crippen LogP contribution in [-0.4, -0.2) is 15.9 Å². The van der Waals surface area contributed by atoms with Crippen molar-refractivity contribution in [2.45, 2.75) is 26.3 Å². The van der Waals surface area contributed by atoms with E-state index >= 15 is 0 Å². The van der Waals surface area contributed by atoms with Crippen molar-refractivity contribution < 1.29 is 0 Å². The van der Waals surface area contributed by atoms with Gasteiger partial charge >= 0.3 is 0 Å². The summed E-state index contributed by atoms with van der Waals surface area (Å²) in [5.74, 6) is 0.938. The van der Waals surface area contributed by atoms with Gasteiger partial charge in [0.05, 0.1) is 0 Å². The van der Waals surface area contributed by atoms with Gasteiger partial charge in [-0.3, -0.25) is 0 Å². The van der Waals surface area contributed by atoms with Gasteiger partial charge in [-0.15, -0.1) is 0 Å². The fraction of sp³-hybridized carbons (Fsp3) is 0.385. The second kappa shape index (κ2) is 4.57. The number of hydrogen-bond acceptors (Lipinski definition) is 5. The second-order valence-electron chi connectivity index (χ2n) is 4.55. The first-order chi connectivity index (χ1) is 8.76. The third kappa shape index (κ3) is 2.06. The Kier molecular flexibility index (Phi) is 2.91. The zero-order valence-corrected chi connectivity index (χ0v) is 11.2. The summed E-state index contributed by atoms with van der Waals surface area (Å²) in [6, 6.07) is 6.19. The maximum absolute atomic E-state index is 5.85. The van der Waals surface area contributed by atoms with Gasteiger partial charge in [0.15, 0.2) is 0 Å². The zero-order valence-electron chi connectivity index (χ0n) is 10.4. The molecule has 0 atom stereocenters. The molecule has 1 aromatic carbocycles. The molecule has 0 bridgehead atoms. The SMILES string of the molecule is CCc1nsc(N2CCc3ccc(N)cc3C2)n1. The number of nitrogens with two attached hydrogens (primary N) is 1. The highest BCUT2D eigenvalue weighted by atomic mass is 32.1. The van der Waals surface area contributed by atoms with Crippen molar-refractivity contribution in [3.63, 3.8) is 0 Å². The predicted octanol–water partition coefficient (Wildman–Crippen LogP) is 2.25. The van der Waals surface area contributed by atoms with E-state index < -0.39 is 0 Å². The Morgan fingerprint density at radius 2 is 2.28 bits per heavy atom. The average molecular weight is 260 g/mol. The lowest BCUT2D eigenvalue weighted by Crippen LogP contribution is -2.30. The van der Waals surface area contributed by atoms with Crippen molar-refractivity contribution in [1.82, 2.24) is 9.36 Å². The minimum absolute atomic E-state index is 0.835. The van der Waals surface area contributed by atoms with E-state index in [2.05, 4.69) is 33.3 Å². The second-order valence-corrected chi connectivity index (χ2v) is 5.28. The summed E-state index contributed by atoms with van der Waals surface area (Å²) in [5.41, 5.74) is 9.40. The number of anilines is 2. The van der Waals surface area contributed by atoms with Gasteiger partial charge < -0.3 is 10.6 Å². The van der Waals surface area contributed by atoms with E-state index in [9.17, 15) is 0 Å². The first-order valence-electron chi connectivity index (χ1n) is 6.21. The molecule has 0 radical (unpaired) electrons. The van der Waals surface area contributed by atoms with Crippen LogP contribution in [0.2, 0.25) is 0 Å². The fourth-order valence-electron chi connectivity index (χ4n) is 2.26. The number of aryl methyl sites for hydroxylation is 1. The lowest BCUT2D eigenvalue weighted by atomic mass is 9.99. The van der Waals surface area contributed by atoms with Gasteiger partial charge in [-0.05, 0) is 29.7 Å². The number of rotatable bonds is 2. The third-order valence-electron chi connectivity index (χ3n) is 3.29. The molecule has 4 nitrogen and oxygen atoms in total. The highest BCUT2D eigenvalue weighted by Gasteiger charge is 2.19. The van der Waals surface area contributed by atoms with Gasteiger partial charge in [-0.2, -0.15) is 4.37 Å². The van der Waals surface area contributed by atoms with E-state index in [1.54, 1.807) is 0 Å². The molecule has 0 saturated carbocycles. The van der Waals surface area contributed by atoms with Crippen LogP contribution >= 0.6 is 11.5 Å². The number of hydrogen-bond donors (Lipinski definition) is 1. The highest BCUT2D eigenvalue weighted by molar-refractivity contribution is 7.09. The number of nitrogen functional groups attached to an aromatic ring is 1. The van der Waals surface area contributed by atoms with Crippen LogP contribution in [0.4, 0.5) is 10.8 Å². The van der Waals surface area contributed by atoms with E-state index in [4.69, 9.17) is 5.73 Å². The molecule has 2 heterocycles. The van der Waals surface area contributed by atoms with E-state index in [-0.39, 0.29) is 0 Å². The third-order valence-corrected chi connectivity index (χ3v) is 4.10. The van der Waals surface area contributed by atoms with Crippen molar-refractivity contribution in [3.8, 4) is 0 Å². The molecule has 2 N–H and O–H groups in total. The Balaban J connectivity index is 1.85. The molecule has 0 amide bonds. The van der Waals surface area contributed by atoms with Crippen LogP contribution in [0.3, 0.4) is 0 Å². The lowest BCUT2D eigenvalue weighted by molar-refractivity contribution is 0.727. The molecule has 0 unspecified atom stereocenters. The Hall–Kier alpha value is -1.62. The number of nitrogens with zero attached hydrogens (tertiary/aromatic N) is 3.